The average Bonchev–Trinajstić information content (AvgIpc) is 3.33. The largest absolute Gasteiger partial charge is 0.357 e. The van der Waals surface area contributed by atoms with E-state index in [1.165, 1.54) is 51.8 Å². The van der Waals surface area contributed by atoms with Crippen LogP contribution in [-0.2, 0) is 19.5 Å². The molecule has 180 valence electrons. The lowest BCUT2D eigenvalue weighted by molar-refractivity contribution is 0.0853. The van der Waals surface area contributed by atoms with Gasteiger partial charge >= 0.3 is 0 Å². The fourth-order valence-corrected chi connectivity index (χ4v) is 5.52. The zero-order chi connectivity index (χ0) is 23.9. The molecule has 2 N–H and O–H groups in total. The van der Waals surface area contributed by atoms with Gasteiger partial charge in [-0.05, 0) is 62.3 Å². The van der Waals surface area contributed by atoms with Crippen LogP contribution in [-0.4, -0.2) is 51.1 Å². The van der Waals surface area contributed by atoms with Crippen LogP contribution in [0.25, 0.3) is 21.8 Å². The molecule has 5 heteroatoms. The number of aromatic nitrogens is 2. The Hall–Kier alpha value is -2.63. The van der Waals surface area contributed by atoms with Crippen molar-refractivity contribution in [3.8, 4) is 0 Å². The Morgan fingerprint density at radius 2 is 1.68 bits per heavy atom. The summed E-state index contributed by atoms with van der Waals surface area (Å²) in [5.74, 6) is 0.884. The van der Waals surface area contributed by atoms with Gasteiger partial charge in [-0.25, -0.2) is 4.39 Å². The maximum Gasteiger partial charge on any atom is 0.118 e. The lowest BCUT2D eigenvalue weighted by Gasteiger charge is -2.36. The molecule has 4 aromatic rings. The fourth-order valence-electron chi connectivity index (χ4n) is 5.52. The summed E-state index contributed by atoms with van der Waals surface area (Å²) < 4.78 is 13.9. The number of H-pyrrole nitrogens is 2. The first-order valence-corrected chi connectivity index (χ1v) is 12.6. The average molecular weight is 461 g/mol. The highest BCUT2D eigenvalue weighted by Crippen LogP contribution is 2.31. The lowest BCUT2D eigenvalue weighted by Crippen LogP contribution is -2.44. The van der Waals surface area contributed by atoms with E-state index in [1.807, 2.05) is 0 Å². The number of nitrogens with one attached hydrogen (secondary N) is 2. The van der Waals surface area contributed by atoms with Gasteiger partial charge in [0, 0.05) is 66.6 Å². The van der Waals surface area contributed by atoms with Gasteiger partial charge in [-0.3, -0.25) is 9.80 Å². The van der Waals surface area contributed by atoms with Gasteiger partial charge in [0.1, 0.15) is 5.67 Å². The van der Waals surface area contributed by atoms with E-state index in [1.54, 1.807) is 13.8 Å². The number of nitrogens with zero attached hydrogens (tertiary/aromatic N) is 2. The summed E-state index contributed by atoms with van der Waals surface area (Å²) in [5.41, 5.74) is 5.31. The number of aromatic amines is 2. The topological polar surface area (TPSA) is 38.1 Å². The van der Waals surface area contributed by atoms with Crippen LogP contribution < -0.4 is 0 Å². The molecule has 0 radical (unpaired) electrons. The molecule has 4 heterocycles. The van der Waals surface area contributed by atoms with E-state index >= 15 is 0 Å². The molecule has 34 heavy (non-hydrogen) atoms. The summed E-state index contributed by atoms with van der Waals surface area (Å²) in [5, 5.41) is 2.64. The van der Waals surface area contributed by atoms with Crippen molar-refractivity contribution < 1.29 is 4.39 Å². The first-order valence-electron chi connectivity index (χ1n) is 12.6. The van der Waals surface area contributed by atoms with E-state index in [0.29, 0.717) is 12.6 Å². The van der Waals surface area contributed by atoms with Crippen molar-refractivity contribution in [2.75, 3.05) is 19.6 Å². The molecule has 4 nitrogen and oxygen atoms in total. The maximum atomic E-state index is 13.9. The summed E-state index contributed by atoms with van der Waals surface area (Å²) in [7, 11) is 0. The van der Waals surface area contributed by atoms with Gasteiger partial charge in [0.05, 0.1) is 0 Å². The van der Waals surface area contributed by atoms with Crippen LogP contribution in [0.4, 0.5) is 4.39 Å². The minimum atomic E-state index is -1.14. The van der Waals surface area contributed by atoms with Gasteiger partial charge in [0.2, 0.25) is 0 Å². The first kappa shape index (κ1) is 23.1. The molecule has 6 rings (SSSR count). The molecule has 0 saturated carbocycles. The smallest absolute Gasteiger partial charge is 0.118 e. The van der Waals surface area contributed by atoms with Crippen LogP contribution in [0.5, 0.6) is 0 Å². The van der Waals surface area contributed by atoms with Gasteiger partial charge < -0.3 is 9.97 Å². The Kier molecular flexibility index (Phi) is 6.26. The van der Waals surface area contributed by atoms with Crippen molar-refractivity contribution in [2.45, 2.75) is 58.9 Å². The molecule has 1 fully saturated rings. The third-order valence-corrected chi connectivity index (χ3v) is 7.08. The lowest BCUT2D eigenvalue weighted by atomic mass is 9.96. The molecule has 2 aliphatic heterocycles. The Balaban J connectivity index is 0.000000145. The summed E-state index contributed by atoms with van der Waals surface area (Å²) in [6, 6.07) is 19.5. The van der Waals surface area contributed by atoms with Crippen molar-refractivity contribution in [3.05, 3.63) is 71.5 Å². The van der Waals surface area contributed by atoms with Gasteiger partial charge in [-0.2, -0.15) is 0 Å². The summed E-state index contributed by atoms with van der Waals surface area (Å²) in [6.07, 6.45) is 0.995. The fraction of sp³-hybridized carbons (Fsp3) is 0.448. The molecule has 0 bridgehead atoms. The van der Waals surface area contributed by atoms with Crippen molar-refractivity contribution in [3.63, 3.8) is 0 Å². The molecule has 2 aliphatic rings. The van der Waals surface area contributed by atoms with Crippen LogP contribution in [0.1, 0.15) is 44.6 Å². The van der Waals surface area contributed by atoms with E-state index < -0.39 is 5.67 Å². The summed E-state index contributed by atoms with van der Waals surface area (Å²) in [4.78, 5) is 11.7. The highest BCUT2D eigenvalue weighted by atomic mass is 19.1. The quantitative estimate of drug-likeness (QED) is 0.376. The second-order valence-corrected chi connectivity index (χ2v) is 11.0. The van der Waals surface area contributed by atoms with Crippen molar-refractivity contribution in [2.24, 2.45) is 5.92 Å². The number of likely N-dealkylation sites (tertiary alicyclic amines) is 1. The monoisotopic (exact) mass is 460 g/mol. The minimum absolute atomic E-state index is 0.390. The predicted molar refractivity (Wildman–Crippen MR) is 140 cm³/mol. The van der Waals surface area contributed by atoms with E-state index in [-0.39, 0.29) is 0 Å². The number of hydrogen-bond acceptors (Lipinski definition) is 2. The zero-order valence-corrected chi connectivity index (χ0v) is 20.9. The molecular weight excluding hydrogens is 423 g/mol. The SMILES string of the molecule is CC1CN(Cc2cc3ccccc3[nH]2)C1.CC1Cc2c([nH]c3ccccc23)CN1CC(C)(C)F. The van der Waals surface area contributed by atoms with Gasteiger partial charge in [-0.15, -0.1) is 0 Å². The molecule has 1 saturated heterocycles. The number of hydrogen-bond donors (Lipinski definition) is 2. The Morgan fingerprint density at radius 1 is 0.971 bits per heavy atom. The zero-order valence-electron chi connectivity index (χ0n) is 20.9. The number of alkyl halides is 1. The molecule has 0 amide bonds. The summed E-state index contributed by atoms with van der Waals surface area (Å²) >= 11 is 0. The molecule has 2 aromatic heterocycles. The number of halogens is 1. The predicted octanol–water partition coefficient (Wildman–Crippen LogP) is 6.28. The number of rotatable bonds is 4. The third kappa shape index (κ3) is 5.06. The normalized spacial score (nSPS) is 19.6. The van der Waals surface area contributed by atoms with Crippen molar-refractivity contribution >= 4 is 21.8 Å². The van der Waals surface area contributed by atoms with E-state index in [9.17, 15) is 4.39 Å². The standard InChI is InChI=1S/C16H21FN2.C13H16N2/c1-11-8-13-12-6-4-5-7-14(12)18-15(13)9-19(11)10-16(2,3)17;1-10-7-15(8-10)9-12-6-11-4-2-3-5-13(11)14-12/h4-7,11,18H,8-10H2,1-3H3;2-6,10,14H,7-9H2,1H3. The van der Waals surface area contributed by atoms with Crippen LogP contribution in [0.3, 0.4) is 0 Å². The van der Waals surface area contributed by atoms with Crippen LogP contribution in [0, 0.1) is 5.92 Å². The van der Waals surface area contributed by atoms with Crippen LogP contribution in [0.15, 0.2) is 54.6 Å². The van der Waals surface area contributed by atoms with Gasteiger partial charge in [0.25, 0.3) is 0 Å². The number of fused-ring (bicyclic) bond motifs is 4. The molecule has 0 spiro atoms. The minimum Gasteiger partial charge on any atom is -0.357 e. The van der Waals surface area contributed by atoms with Gasteiger partial charge in [-0.1, -0.05) is 43.3 Å². The first-order chi connectivity index (χ1) is 16.2. The third-order valence-electron chi connectivity index (χ3n) is 7.08. The highest BCUT2D eigenvalue weighted by molar-refractivity contribution is 5.85. The van der Waals surface area contributed by atoms with Crippen molar-refractivity contribution in [1.82, 2.24) is 19.8 Å². The molecular formula is C29H37FN4. The molecule has 1 unspecified atom stereocenters. The van der Waals surface area contributed by atoms with Crippen LogP contribution >= 0.6 is 0 Å². The van der Waals surface area contributed by atoms with E-state index in [4.69, 9.17) is 0 Å². The maximum absolute atomic E-state index is 13.9. The second kappa shape index (κ2) is 9.20. The second-order valence-electron chi connectivity index (χ2n) is 11.0. The van der Waals surface area contributed by atoms with Crippen LogP contribution in [0.2, 0.25) is 0 Å². The number of benzene rings is 2. The Labute approximate surface area is 202 Å². The van der Waals surface area contributed by atoms with Crippen molar-refractivity contribution in [1.29, 1.82) is 0 Å². The van der Waals surface area contributed by atoms with E-state index in [0.717, 1.165) is 25.4 Å². The molecule has 2 aromatic carbocycles. The molecule has 1 atom stereocenters. The summed E-state index contributed by atoms with van der Waals surface area (Å²) in [6.45, 7) is 12.7. The van der Waals surface area contributed by atoms with Gasteiger partial charge in [0.15, 0.2) is 0 Å². The molecule has 0 aliphatic carbocycles. The van der Waals surface area contributed by atoms with E-state index in [2.05, 4.69) is 88.2 Å². The number of para-hydroxylation sites is 2. The Bertz CT molecular complexity index is 1230. The highest BCUT2D eigenvalue weighted by Gasteiger charge is 2.30. The Morgan fingerprint density at radius 3 is 2.38 bits per heavy atom.